The van der Waals surface area contributed by atoms with Gasteiger partial charge in [0.2, 0.25) is 11.8 Å². The predicted molar refractivity (Wildman–Crippen MR) is 91.6 cm³/mol. The molecule has 0 spiro atoms. The van der Waals surface area contributed by atoms with E-state index < -0.39 is 17.7 Å². The van der Waals surface area contributed by atoms with Crippen LogP contribution in [0.1, 0.15) is 45.4 Å². The molecular weight excluding hydrogens is 342 g/mol. The molecule has 1 unspecified atom stereocenters. The molecule has 3 rings (SSSR count). The minimum absolute atomic E-state index is 0.0340. The minimum atomic E-state index is -0.661. The number of amides is 2. The standard InChI is InChI=1S/C19H24F2N2O3/c1-12(23-8-2-3-18(23)24)19(25)22-15-4-6-16(7-5-15)26-17-10-13(20)9-14(21)11-17/h9-12,15-16H,2-8H2,1H3,(H,22,25). The quantitative estimate of drug-likeness (QED) is 0.872. The van der Waals surface area contributed by atoms with E-state index in [0.29, 0.717) is 25.8 Å². The number of rotatable bonds is 5. The number of nitrogens with zero attached hydrogens (tertiary/aromatic N) is 1. The van der Waals surface area contributed by atoms with Gasteiger partial charge in [0.1, 0.15) is 23.4 Å². The fraction of sp³-hybridized carbons (Fsp3) is 0.579. The molecule has 2 aliphatic rings. The second-order valence-corrected chi connectivity index (χ2v) is 7.07. The summed E-state index contributed by atoms with van der Waals surface area (Å²) in [5.74, 6) is -1.22. The first-order valence-corrected chi connectivity index (χ1v) is 9.15. The zero-order chi connectivity index (χ0) is 18.7. The zero-order valence-corrected chi connectivity index (χ0v) is 14.8. The fourth-order valence-electron chi connectivity index (χ4n) is 3.66. The van der Waals surface area contributed by atoms with E-state index in [9.17, 15) is 18.4 Å². The first-order chi connectivity index (χ1) is 12.4. The number of carbonyl (C=O) groups excluding carboxylic acids is 2. The van der Waals surface area contributed by atoms with Gasteiger partial charge in [0.15, 0.2) is 0 Å². The van der Waals surface area contributed by atoms with Crippen molar-refractivity contribution in [2.75, 3.05) is 6.54 Å². The van der Waals surface area contributed by atoms with Crippen LogP contribution in [0.15, 0.2) is 18.2 Å². The molecule has 1 saturated heterocycles. The summed E-state index contributed by atoms with van der Waals surface area (Å²) in [4.78, 5) is 25.8. The molecule has 2 amide bonds. The molecule has 2 fully saturated rings. The van der Waals surface area contributed by atoms with Gasteiger partial charge in [0, 0.05) is 37.2 Å². The maximum atomic E-state index is 13.2. The van der Waals surface area contributed by atoms with Crippen LogP contribution in [0.25, 0.3) is 0 Å². The van der Waals surface area contributed by atoms with Crippen molar-refractivity contribution in [1.82, 2.24) is 10.2 Å². The molecule has 1 atom stereocenters. The Labute approximate surface area is 151 Å². The number of hydrogen-bond donors (Lipinski definition) is 1. The largest absolute Gasteiger partial charge is 0.490 e. The molecule has 1 aromatic carbocycles. The number of carbonyl (C=O) groups is 2. The monoisotopic (exact) mass is 366 g/mol. The summed E-state index contributed by atoms with van der Waals surface area (Å²) in [6, 6.07) is 2.74. The van der Waals surface area contributed by atoms with Gasteiger partial charge in [-0.3, -0.25) is 9.59 Å². The molecule has 1 aliphatic carbocycles. The third-order valence-corrected chi connectivity index (χ3v) is 5.12. The summed E-state index contributed by atoms with van der Waals surface area (Å²) >= 11 is 0. The molecule has 1 aromatic rings. The summed E-state index contributed by atoms with van der Waals surface area (Å²) in [5, 5.41) is 3.01. The van der Waals surface area contributed by atoms with Crippen LogP contribution >= 0.6 is 0 Å². The minimum Gasteiger partial charge on any atom is -0.490 e. The lowest BCUT2D eigenvalue weighted by molar-refractivity contribution is -0.137. The summed E-state index contributed by atoms with van der Waals surface area (Å²) in [6.45, 7) is 2.39. The van der Waals surface area contributed by atoms with E-state index in [1.165, 1.54) is 12.1 Å². The lowest BCUT2D eigenvalue weighted by Gasteiger charge is -2.31. The van der Waals surface area contributed by atoms with Gasteiger partial charge < -0.3 is 15.0 Å². The molecule has 26 heavy (non-hydrogen) atoms. The fourth-order valence-corrected chi connectivity index (χ4v) is 3.66. The van der Waals surface area contributed by atoms with Gasteiger partial charge in [0.25, 0.3) is 0 Å². The Balaban J connectivity index is 1.46. The van der Waals surface area contributed by atoms with Gasteiger partial charge in [-0.1, -0.05) is 0 Å². The first-order valence-electron chi connectivity index (χ1n) is 9.15. The number of likely N-dealkylation sites (tertiary alicyclic amines) is 1. The smallest absolute Gasteiger partial charge is 0.242 e. The highest BCUT2D eigenvalue weighted by Gasteiger charge is 2.31. The van der Waals surface area contributed by atoms with Gasteiger partial charge in [-0.15, -0.1) is 0 Å². The molecule has 1 aliphatic heterocycles. The zero-order valence-electron chi connectivity index (χ0n) is 14.8. The maximum Gasteiger partial charge on any atom is 0.242 e. The first kappa shape index (κ1) is 18.6. The van der Waals surface area contributed by atoms with Crippen molar-refractivity contribution < 1.29 is 23.1 Å². The Hall–Kier alpha value is -2.18. The van der Waals surface area contributed by atoms with Crippen molar-refractivity contribution in [2.45, 2.75) is 63.6 Å². The van der Waals surface area contributed by atoms with Crippen LogP contribution in [-0.2, 0) is 9.59 Å². The second-order valence-electron chi connectivity index (χ2n) is 7.07. The van der Waals surface area contributed by atoms with E-state index in [4.69, 9.17) is 4.74 Å². The second kappa shape index (κ2) is 8.01. The molecule has 0 bridgehead atoms. The van der Waals surface area contributed by atoms with Gasteiger partial charge in [-0.25, -0.2) is 8.78 Å². The van der Waals surface area contributed by atoms with Gasteiger partial charge in [0.05, 0.1) is 6.10 Å². The molecule has 0 radical (unpaired) electrons. The Kier molecular flexibility index (Phi) is 5.74. The number of ether oxygens (including phenoxy) is 1. The normalized spacial score (nSPS) is 24.4. The van der Waals surface area contributed by atoms with Crippen molar-refractivity contribution in [3.63, 3.8) is 0 Å². The third kappa shape index (κ3) is 4.51. The molecular formula is C19H24F2N2O3. The molecule has 1 N–H and O–H groups in total. The Morgan fingerprint density at radius 2 is 1.85 bits per heavy atom. The van der Waals surface area contributed by atoms with Crippen LogP contribution in [0, 0.1) is 11.6 Å². The highest BCUT2D eigenvalue weighted by Crippen LogP contribution is 2.25. The summed E-state index contributed by atoms with van der Waals surface area (Å²) < 4.78 is 32.1. The number of hydrogen-bond acceptors (Lipinski definition) is 3. The maximum absolute atomic E-state index is 13.2. The van der Waals surface area contributed by atoms with Crippen molar-refractivity contribution in [1.29, 1.82) is 0 Å². The van der Waals surface area contributed by atoms with E-state index in [2.05, 4.69) is 5.32 Å². The molecule has 1 heterocycles. The van der Waals surface area contributed by atoms with Crippen LogP contribution in [0.3, 0.4) is 0 Å². The van der Waals surface area contributed by atoms with Crippen LogP contribution < -0.4 is 10.1 Å². The molecule has 0 aromatic heterocycles. The molecule has 142 valence electrons. The average Bonchev–Trinajstić information content (AvgIpc) is 3.01. The van der Waals surface area contributed by atoms with E-state index in [-0.39, 0.29) is 29.7 Å². The Morgan fingerprint density at radius 3 is 2.42 bits per heavy atom. The van der Waals surface area contributed by atoms with Crippen molar-refractivity contribution in [2.24, 2.45) is 0 Å². The SMILES string of the molecule is CC(C(=O)NC1CCC(Oc2cc(F)cc(F)c2)CC1)N1CCCC1=O. The lowest BCUT2D eigenvalue weighted by Crippen LogP contribution is -2.49. The van der Waals surface area contributed by atoms with Crippen molar-refractivity contribution in [3.05, 3.63) is 29.8 Å². The summed E-state index contributed by atoms with van der Waals surface area (Å²) in [5.41, 5.74) is 0. The van der Waals surface area contributed by atoms with E-state index in [0.717, 1.165) is 25.3 Å². The van der Waals surface area contributed by atoms with Crippen LogP contribution in [0.2, 0.25) is 0 Å². The highest BCUT2D eigenvalue weighted by atomic mass is 19.1. The topological polar surface area (TPSA) is 58.6 Å². The number of nitrogens with one attached hydrogen (secondary N) is 1. The van der Waals surface area contributed by atoms with Gasteiger partial charge in [-0.05, 0) is 39.0 Å². The van der Waals surface area contributed by atoms with Crippen molar-refractivity contribution >= 4 is 11.8 Å². The lowest BCUT2D eigenvalue weighted by atomic mass is 9.92. The molecule has 1 saturated carbocycles. The van der Waals surface area contributed by atoms with E-state index >= 15 is 0 Å². The van der Waals surface area contributed by atoms with Gasteiger partial charge in [-0.2, -0.15) is 0 Å². The Bertz CT molecular complexity index is 654. The average molecular weight is 366 g/mol. The van der Waals surface area contributed by atoms with Gasteiger partial charge >= 0.3 is 0 Å². The number of halogens is 2. The van der Waals surface area contributed by atoms with Crippen LogP contribution in [-0.4, -0.2) is 41.4 Å². The summed E-state index contributed by atoms with van der Waals surface area (Å²) in [6.07, 6.45) is 4.05. The van der Waals surface area contributed by atoms with Crippen molar-refractivity contribution in [3.8, 4) is 5.75 Å². The Morgan fingerprint density at radius 1 is 1.19 bits per heavy atom. The molecule has 5 nitrogen and oxygen atoms in total. The highest BCUT2D eigenvalue weighted by molar-refractivity contribution is 5.88. The molecule has 7 heteroatoms. The number of benzene rings is 1. The van der Waals surface area contributed by atoms with Crippen LogP contribution in [0.4, 0.5) is 8.78 Å². The predicted octanol–water partition coefficient (Wildman–Crippen LogP) is 2.78. The van der Waals surface area contributed by atoms with E-state index in [1.807, 2.05) is 0 Å². The third-order valence-electron chi connectivity index (χ3n) is 5.12. The summed E-state index contributed by atoms with van der Waals surface area (Å²) in [7, 11) is 0. The van der Waals surface area contributed by atoms with E-state index in [1.54, 1.807) is 11.8 Å². The van der Waals surface area contributed by atoms with Crippen LogP contribution in [0.5, 0.6) is 5.75 Å².